The molecule has 2 rings (SSSR count). The van der Waals surface area contributed by atoms with E-state index in [0.29, 0.717) is 18.2 Å². The van der Waals surface area contributed by atoms with Crippen LogP contribution in [0.5, 0.6) is 0 Å². The van der Waals surface area contributed by atoms with E-state index in [1.54, 1.807) is 13.0 Å². The summed E-state index contributed by atoms with van der Waals surface area (Å²) in [6, 6.07) is 5.92. The Hall–Kier alpha value is -2.15. The van der Waals surface area contributed by atoms with Crippen molar-refractivity contribution in [3.05, 3.63) is 40.6 Å². The van der Waals surface area contributed by atoms with Gasteiger partial charge in [-0.1, -0.05) is 25.1 Å². The molecule has 1 atom stereocenters. The maximum Gasteiger partial charge on any atom is 0.326 e. The number of ether oxygens (including phenoxy) is 1. The first-order chi connectivity index (χ1) is 10.9. The molecule has 0 radical (unpaired) electrons. The molecule has 1 heterocycles. The number of carbonyl (C=O) groups is 3. The van der Waals surface area contributed by atoms with Gasteiger partial charge in [-0.25, -0.2) is 4.39 Å². The Morgan fingerprint density at radius 1 is 1.39 bits per heavy atom. The minimum Gasteiger partial charge on any atom is -0.461 e. The fraction of sp³-hybridized carbons (Fsp3) is 0.312. The molecule has 0 spiro atoms. The van der Waals surface area contributed by atoms with Gasteiger partial charge in [0.15, 0.2) is 0 Å². The molecule has 1 saturated heterocycles. The van der Waals surface area contributed by atoms with Crippen molar-refractivity contribution in [2.75, 3.05) is 6.54 Å². The molecule has 1 aromatic rings. The van der Waals surface area contributed by atoms with Crippen LogP contribution in [0.1, 0.15) is 25.8 Å². The lowest BCUT2D eigenvalue weighted by Gasteiger charge is -2.14. The minimum absolute atomic E-state index is 0.0800. The molecule has 122 valence electrons. The Morgan fingerprint density at radius 2 is 2.09 bits per heavy atom. The Morgan fingerprint density at radius 3 is 2.74 bits per heavy atom. The van der Waals surface area contributed by atoms with Gasteiger partial charge in [0.2, 0.25) is 0 Å². The van der Waals surface area contributed by atoms with E-state index >= 15 is 0 Å². The molecule has 0 aromatic heterocycles. The molecule has 1 fully saturated rings. The van der Waals surface area contributed by atoms with Crippen molar-refractivity contribution in [2.45, 2.75) is 26.4 Å². The number of rotatable bonds is 5. The highest BCUT2D eigenvalue weighted by atomic mass is 32.2. The number of amides is 2. The third kappa shape index (κ3) is 4.19. The van der Waals surface area contributed by atoms with Gasteiger partial charge in [-0.15, -0.1) is 0 Å². The van der Waals surface area contributed by atoms with E-state index in [0.717, 1.165) is 4.90 Å². The summed E-state index contributed by atoms with van der Waals surface area (Å²) in [4.78, 5) is 36.7. The van der Waals surface area contributed by atoms with E-state index in [2.05, 4.69) is 0 Å². The SMILES string of the molecule is CC[C@H](C)OC(=O)CN1C(=O)S/C(=C/c2ccccc2F)C1=O. The summed E-state index contributed by atoms with van der Waals surface area (Å²) in [5.74, 6) is -1.76. The number of hydrogen-bond donors (Lipinski definition) is 0. The summed E-state index contributed by atoms with van der Waals surface area (Å²) in [6.07, 6.45) is 1.66. The van der Waals surface area contributed by atoms with Gasteiger partial charge in [0.25, 0.3) is 11.1 Å². The van der Waals surface area contributed by atoms with Crippen LogP contribution < -0.4 is 0 Å². The summed E-state index contributed by atoms with van der Waals surface area (Å²) in [6.45, 7) is 3.14. The Bertz CT molecular complexity index is 674. The van der Waals surface area contributed by atoms with Crippen molar-refractivity contribution in [1.29, 1.82) is 0 Å². The third-order valence-corrected chi connectivity index (χ3v) is 4.17. The number of thioether (sulfide) groups is 1. The van der Waals surface area contributed by atoms with Crippen molar-refractivity contribution < 1.29 is 23.5 Å². The first-order valence-corrected chi connectivity index (χ1v) is 7.93. The summed E-state index contributed by atoms with van der Waals surface area (Å²) >= 11 is 0.676. The van der Waals surface area contributed by atoms with Gasteiger partial charge < -0.3 is 4.74 Å². The highest BCUT2D eigenvalue weighted by molar-refractivity contribution is 8.18. The molecule has 1 aliphatic rings. The number of imide groups is 1. The van der Waals surface area contributed by atoms with Gasteiger partial charge in [-0.2, -0.15) is 0 Å². The van der Waals surface area contributed by atoms with E-state index in [4.69, 9.17) is 4.74 Å². The molecule has 7 heteroatoms. The molecule has 0 bridgehead atoms. The predicted octanol–water partition coefficient (Wildman–Crippen LogP) is 3.20. The van der Waals surface area contributed by atoms with Crippen LogP contribution in [0.15, 0.2) is 29.2 Å². The fourth-order valence-electron chi connectivity index (χ4n) is 1.84. The van der Waals surface area contributed by atoms with Crippen LogP contribution in [-0.4, -0.2) is 34.7 Å². The fourth-order valence-corrected chi connectivity index (χ4v) is 2.67. The van der Waals surface area contributed by atoms with E-state index in [1.165, 1.54) is 24.3 Å². The second kappa shape index (κ2) is 7.41. The maximum absolute atomic E-state index is 13.6. The molecular weight excluding hydrogens is 321 g/mol. The Balaban J connectivity index is 2.11. The Labute approximate surface area is 137 Å². The normalized spacial score (nSPS) is 17.7. The highest BCUT2D eigenvalue weighted by Crippen LogP contribution is 2.32. The van der Waals surface area contributed by atoms with Gasteiger partial charge in [0, 0.05) is 5.56 Å². The molecule has 0 saturated carbocycles. The zero-order valence-corrected chi connectivity index (χ0v) is 13.6. The van der Waals surface area contributed by atoms with E-state index in [-0.39, 0.29) is 16.6 Å². The van der Waals surface area contributed by atoms with Crippen LogP contribution in [0.25, 0.3) is 6.08 Å². The van der Waals surface area contributed by atoms with Gasteiger partial charge in [-0.3, -0.25) is 19.3 Å². The average molecular weight is 337 g/mol. The smallest absolute Gasteiger partial charge is 0.326 e. The van der Waals surface area contributed by atoms with Gasteiger partial charge in [-0.05, 0) is 37.2 Å². The van der Waals surface area contributed by atoms with Crippen LogP contribution in [0.3, 0.4) is 0 Å². The maximum atomic E-state index is 13.6. The highest BCUT2D eigenvalue weighted by Gasteiger charge is 2.37. The first-order valence-electron chi connectivity index (χ1n) is 7.11. The zero-order chi connectivity index (χ0) is 17.0. The molecule has 2 amide bonds. The van der Waals surface area contributed by atoms with E-state index in [9.17, 15) is 18.8 Å². The topological polar surface area (TPSA) is 63.7 Å². The molecular formula is C16H16FNO4S. The molecule has 5 nitrogen and oxygen atoms in total. The molecule has 23 heavy (non-hydrogen) atoms. The largest absolute Gasteiger partial charge is 0.461 e. The van der Waals surface area contributed by atoms with E-state index in [1.807, 2.05) is 6.92 Å². The second-order valence-electron chi connectivity index (χ2n) is 5.00. The molecule has 0 unspecified atom stereocenters. The monoisotopic (exact) mass is 337 g/mol. The number of halogens is 1. The predicted molar refractivity (Wildman–Crippen MR) is 84.9 cm³/mol. The number of esters is 1. The summed E-state index contributed by atoms with van der Waals surface area (Å²) in [7, 11) is 0. The van der Waals surface area contributed by atoms with Gasteiger partial charge in [0.05, 0.1) is 11.0 Å². The van der Waals surface area contributed by atoms with E-state index < -0.39 is 29.5 Å². The third-order valence-electron chi connectivity index (χ3n) is 3.26. The molecule has 1 aliphatic heterocycles. The van der Waals surface area contributed by atoms with Crippen LogP contribution >= 0.6 is 11.8 Å². The summed E-state index contributed by atoms with van der Waals surface area (Å²) in [5.41, 5.74) is 0.209. The van der Waals surface area contributed by atoms with Crippen LogP contribution in [0.2, 0.25) is 0 Å². The zero-order valence-electron chi connectivity index (χ0n) is 12.7. The minimum atomic E-state index is -0.645. The van der Waals surface area contributed by atoms with Crippen molar-refractivity contribution in [3.63, 3.8) is 0 Å². The number of nitrogens with zero attached hydrogens (tertiary/aromatic N) is 1. The van der Waals surface area contributed by atoms with Crippen molar-refractivity contribution in [3.8, 4) is 0 Å². The summed E-state index contributed by atoms with van der Waals surface area (Å²) in [5, 5.41) is -0.571. The molecule has 0 N–H and O–H groups in total. The van der Waals surface area contributed by atoms with Gasteiger partial charge >= 0.3 is 5.97 Å². The lowest BCUT2D eigenvalue weighted by molar-refractivity contribution is -0.150. The van der Waals surface area contributed by atoms with Crippen LogP contribution in [0, 0.1) is 5.82 Å². The lowest BCUT2D eigenvalue weighted by atomic mass is 10.2. The average Bonchev–Trinajstić information content (AvgIpc) is 2.77. The Kier molecular flexibility index (Phi) is 5.54. The number of hydrogen-bond acceptors (Lipinski definition) is 5. The quantitative estimate of drug-likeness (QED) is 0.610. The second-order valence-corrected chi connectivity index (χ2v) is 5.99. The molecule has 1 aromatic carbocycles. The van der Waals surface area contributed by atoms with Crippen molar-refractivity contribution >= 4 is 35.0 Å². The first kappa shape index (κ1) is 17.2. The molecule has 0 aliphatic carbocycles. The standard InChI is InChI=1S/C16H16FNO4S/c1-3-10(2)22-14(19)9-18-15(20)13(23-16(18)21)8-11-6-4-5-7-12(11)17/h4-8,10H,3,9H2,1-2H3/b13-8+/t10-/m0/s1. The van der Waals surface area contributed by atoms with Crippen LogP contribution in [0.4, 0.5) is 9.18 Å². The van der Waals surface area contributed by atoms with Gasteiger partial charge in [0.1, 0.15) is 12.4 Å². The van der Waals surface area contributed by atoms with Crippen molar-refractivity contribution in [2.24, 2.45) is 0 Å². The summed E-state index contributed by atoms with van der Waals surface area (Å²) < 4.78 is 18.7. The van der Waals surface area contributed by atoms with Crippen molar-refractivity contribution in [1.82, 2.24) is 4.90 Å². The number of benzene rings is 1. The number of carbonyl (C=O) groups excluding carboxylic acids is 3. The lowest BCUT2D eigenvalue weighted by Crippen LogP contribution is -2.35. The van der Waals surface area contributed by atoms with Crippen LogP contribution in [-0.2, 0) is 14.3 Å².